The Balaban J connectivity index is 2.65. The first-order valence-electron chi connectivity index (χ1n) is 8.68. The molecule has 0 aliphatic heterocycles. The van der Waals surface area contributed by atoms with Crippen molar-refractivity contribution in [3.8, 4) is 0 Å². The number of rotatable bonds is 6. The van der Waals surface area contributed by atoms with Crippen LogP contribution in [0.4, 0.5) is 4.79 Å². The number of hydrogen-bond acceptors (Lipinski definition) is 4. The standard InChI is InChI=1S/C20H31NO4/c1-19(2,3)17(22)24-14-16(21-18(23)25-20(4,5)6)13-12-15-10-8-7-9-11-15/h7-11,16H,12-14H2,1-6H3,(H,21,23). The van der Waals surface area contributed by atoms with Gasteiger partial charge in [-0.3, -0.25) is 4.79 Å². The molecule has 5 nitrogen and oxygen atoms in total. The number of alkyl carbamates (subject to hydrolysis) is 1. The van der Waals surface area contributed by atoms with Crippen LogP contribution < -0.4 is 5.32 Å². The molecule has 0 bridgehead atoms. The van der Waals surface area contributed by atoms with Gasteiger partial charge in [0.2, 0.25) is 0 Å². The second kappa shape index (κ2) is 8.88. The highest BCUT2D eigenvalue weighted by Crippen LogP contribution is 2.16. The Morgan fingerprint density at radius 1 is 1.04 bits per heavy atom. The van der Waals surface area contributed by atoms with Crippen molar-refractivity contribution in [1.82, 2.24) is 5.32 Å². The maximum Gasteiger partial charge on any atom is 0.407 e. The molecule has 140 valence electrons. The lowest BCUT2D eigenvalue weighted by molar-refractivity contribution is -0.153. The van der Waals surface area contributed by atoms with Crippen LogP contribution in [0.3, 0.4) is 0 Å². The van der Waals surface area contributed by atoms with Gasteiger partial charge in [0.15, 0.2) is 0 Å². The highest BCUT2D eigenvalue weighted by molar-refractivity contribution is 5.75. The second-order valence-electron chi connectivity index (χ2n) is 8.22. The molecule has 0 radical (unpaired) electrons. The number of esters is 1. The highest BCUT2D eigenvalue weighted by Gasteiger charge is 2.25. The number of hydrogen-bond donors (Lipinski definition) is 1. The average molecular weight is 349 g/mol. The van der Waals surface area contributed by atoms with Crippen molar-refractivity contribution in [2.75, 3.05) is 6.61 Å². The molecule has 0 aliphatic rings. The average Bonchev–Trinajstić information content (AvgIpc) is 2.47. The van der Waals surface area contributed by atoms with E-state index < -0.39 is 17.1 Å². The van der Waals surface area contributed by atoms with Gasteiger partial charge in [0.1, 0.15) is 12.2 Å². The van der Waals surface area contributed by atoms with Gasteiger partial charge < -0.3 is 14.8 Å². The lowest BCUT2D eigenvalue weighted by Gasteiger charge is -2.25. The zero-order valence-corrected chi connectivity index (χ0v) is 16.2. The molecule has 1 N–H and O–H groups in total. The summed E-state index contributed by atoms with van der Waals surface area (Å²) in [6.45, 7) is 11.0. The molecule has 0 aromatic heterocycles. The van der Waals surface area contributed by atoms with E-state index in [1.165, 1.54) is 5.56 Å². The third kappa shape index (κ3) is 9.13. The fourth-order valence-electron chi connectivity index (χ4n) is 2.05. The molecule has 5 heteroatoms. The molecule has 0 fully saturated rings. The number of ether oxygens (including phenoxy) is 2. The van der Waals surface area contributed by atoms with Gasteiger partial charge in [0, 0.05) is 0 Å². The molecular formula is C20H31NO4. The summed E-state index contributed by atoms with van der Waals surface area (Å²) >= 11 is 0. The van der Waals surface area contributed by atoms with Crippen LogP contribution in [0.15, 0.2) is 30.3 Å². The van der Waals surface area contributed by atoms with E-state index >= 15 is 0 Å². The van der Waals surface area contributed by atoms with Crippen molar-refractivity contribution in [1.29, 1.82) is 0 Å². The zero-order chi connectivity index (χ0) is 19.1. The second-order valence-corrected chi connectivity index (χ2v) is 8.22. The minimum absolute atomic E-state index is 0.127. The van der Waals surface area contributed by atoms with E-state index in [9.17, 15) is 9.59 Å². The first-order chi connectivity index (χ1) is 11.5. The van der Waals surface area contributed by atoms with Crippen LogP contribution in [-0.2, 0) is 20.7 Å². The molecule has 1 rings (SSSR count). The molecule has 0 saturated carbocycles. The predicted octanol–water partition coefficient (Wildman–Crippen LogP) is 4.10. The fraction of sp³-hybridized carbons (Fsp3) is 0.600. The van der Waals surface area contributed by atoms with Crippen LogP contribution in [-0.4, -0.2) is 30.3 Å². The van der Waals surface area contributed by atoms with Crippen molar-refractivity contribution in [3.63, 3.8) is 0 Å². The summed E-state index contributed by atoms with van der Waals surface area (Å²) in [7, 11) is 0. The fourth-order valence-corrected chi connectivity index (χ4v) is 2.05. The normalized spacial score (nSPS) is 13.0. The van der Waals surface area contributed by atoms with Crippen molar-refractivity contribution >= 4 is 12.1 Å². The number of amides is 1. The highest BCUT2D eigenvalue weighted by atomic mass is 16.6. The number of benzene rings is 1. The van der Waals surface area contributed by atoms with Gasteiger partial charge >= 0.3 is 12.1 Å². The van der Waals surface area contributed by atoms with Gasteiger partial charge in [-0.1, -0.05) is 30.3 Å². The largest absolute Gasteiger partial charge is 0.463 e. The molecule has 0 spiro atoms. The smallest absolute Gasteiger partial charge is 0.407 e. The third-order valence-electron chi connectivity index (χ3n) is 3.37. The molecule has 1 unspecified atom stereocenters. The minimum atomic E-state index is -0.574. The van der Waals surface area contributed by atoms with Crippen molar-refractivity contribution in [2.45, 2.75) is 66.0 Å². The van der Waals surface area contributed by atoms with E-state index in [0.717, 1.165) is 6.42 Å². The third-order valence-corrected chi connectivity index (χ3v) is 3.37. The van der Waals surface area contributed by atoms with Crippen molar-refractivity contribution < 1.29 is 19.1 Å². The summed E-state index contributed by atoms with van der Waals surface area (Å²) in [6.07, 6.45) is 0.923. The lowest BCUT2D eigenvalue weighted by Crippen LogP contribution is -2.42. The predicted molar refractivity (Wildman–Crippen MR) is 98.3 cm³/mol. The van der Waals surface area contributed by atoms with E-state index in [2.05, 4.69) is 5.32 Å². The summed E-state index contributed by atoms with van der Waals surface area (Å²) in [5, 5.41) is 2.81. The summed E-state index contributed by atoms with van der Waals surface area (Å²) in [6, 6.07) is 9.68. The summed E-state index contributed by atoms with van der Waals surface area (Å²) < 4.78 is 10.7. The SMILES string of the molecule is CC(C)(C)OC(=O)NC(CCc1ccccc1)COC(=O)C(C)(C)C. The van der Waals surface area contributed by atoms with Gasteiger partial charge in [-0.25, -0.2) is 4.79 Å². The van der Waals surface area contributed by atoms with Crippen LogP contribution in [0.2, 0.25) is 0 Å². The monoisotopic (exact) mass is 349 g/mol. The first-order valence-corrected chi connectivity index (χ1v) is 8.68. The zero-order valence-electron chi connectivity index (χ0n) is 16.2. The quantitative estimate of drug-likeness (QED) is 0.785. The van der Waals surface area contributed by atoms with Crippen LogP contribution in [0.1, 0.15) is 53.5 Å². The van der Waals surface area contributed by atoms with Crippen LogP contribution >= 0.6 is 0 Å². The van der Waals surface area contributed by atoms with Gasteiger partial charge in [0.25, 0.3) is 0 Å². The molecular weight excluding hydrogens is 318 g/mol. The van der Waals surface area contributed by atoms with E-state index in [-0.39, 0.29) is 18.6 Å². The van der Waals surface area contributed by atoms with Gasteiger partial charge in [-0.15, -0.1) is 0 Å². The maximum absolute atomic E-state index is 12.0. The Morgan fingerprint density at radius 2 is 1.64 bits per heavy atom. The van der Waals surface area contributed by atoms with E-state index in [0.29, 0.717) is 6.42 Å². The minimum Gasteiger partial charge on any atom is -0.463 e. The number of carbonyl (C=O) groups excluding carboxylic acids is 2. The van der Waals surface area contributed by atoms with Gasteiger partial charge in [-0.2, -0.15) is 0 Å². The molecule has 1 amide bonds. The van der Waals surface area contributed by atoms with E-state index in [4.69, 9.17) is 9.47 Å². The maximum atomic E-state index is 12.0. The topological polar surface area (TPSA) is 64.6 Å². The molecule has 0 aliphatic carbocycles. The Hall–Kier alpha value is -2.04. The summed E-state index contributed by atoms with van der Waals surface area (Å²) in [5.41, 5.74) is 0.0205. The van der Waals surface area contributed by atoms with Crippen LogP contribution in [0, 0.1) is 5.41 Å². The van der Waals surface area contributed by atoms with E-state index in [1.807, 2.05) is 51.1 Å². The summed E-state index contributed by atoms with van der Waals surface area (Å²) in [5.74, 6) is -0.289. The van der Waals surface area contributed by atoms with Crippen molar-refractivity contribution in [2.24, 2.45) is 5.41 Å². The number of carbonyl (C=O) groups is 2. The summed E-state index contributed by atoms with van der Waals surface area (Å²) in [4.78, 5) is 24.0. The Morgan fingerprint density at radius 3 is 2.16 bits per heavy atom. The Kier molecular flexibility index (Phi) is 7.46. The molecule has 25 heavy (non-hydrogen) atoms. The lowest BCUT2D eigenvalue weighted by atomic mass is 9.97. The van der Waals surface area contributed by atoms with Gasteiger partial charge in [-0.05, 0) is 59.9 Å². The van der Waals surface area contributed by atoms with Crippen LogP contribution in [0.25, 0.3) is 0 Å². The molecule has 0 heterocycles. The first kappa shape index (κ1) is 21.0. The number of nitrogens with one attached hydrogen (secondary N) is 1. The molecule has 1 aromatic carbocycles. The molecule has 1 aromatic rings. The van der Waals surface area contributed by atoms with Crippen LogP contribution in [0.5, 0.6) is 0 Å². The molecule has 0 saturated heterocycles. The van der Waals surface area contributed by atoms with Crippen molar-refractivity contribution in [3.05, 3.63) is 35.9 Å². The number of aryl methyl sites for hydroxylation is 1. The molecule has 1 atom stereocenters. The van der Waals surface area contributed by atoms with Gasteiger partial charge in [0.05, 0.1) is 11.5 Å². The van der Waals surface area contributed by atoms with E-state index in [1.54, 1.807) is 20.8 Å². The Bertz CT molecular complexity index is 555. The Labute approximate surface area is 151 Å².